The van der Waals surface area contributed by atoms with Crippen LogP contribution >= 0.6 is 0 Å². The van der Waals surface area contributed by atoms with Crippen molar-refractivity contribution in [2.24, 2.45) is 0 Å². The summed E-state index contributed by atoms with van der Waals surface area (Å²) in [6.45, 7) is 0. The van der Waals surface area contributed by atoms with Crippen molar-refractivity contribution < 1.29 is 14.7 Å². The van der Waals surface area contributed by atoms with E-state index in [1.54, 1.807) is 24.3 Å². The number of anilines is 1. The Bertz CT molecular complexity index is 737. The number of carboxylic acids is 1. The number of aliphatic carboxylic acids is 1. The van der Waals surface area contributed by atoms with Gasteiger partial charge in [0.05, 0.1) is 6.42 Å². The van der Waals surface area contributed by atoms with E-state index in [0.717, 1.165) is 24.8 Å². The van der Waals surface area contributed by atoms with E-state index in [4.69, 9.17) is 5.11 Å². The molecule has 2 N–H and O–H groups in total. The van der Waals surface area contributed by atoms with Crippen LogP contribution in [0.25, 0.3) is 0 Å². The maximum absolute atomic E-state index is 12.3. The van der Waals surface area contributed by atoms with Gasteiger partial charge in [-0.25, -0.2) is 0 Å². The van der Waals surface area contributed by atoms with Gasteiger partial charge in [-0.15, -0.1) is 0 Å². The van der Waals surface area contributed by atoms with Gasteiger partial charge in [-0.2, -0.15) is 0 Å². The van der Waals surface area contributed by atoms with Crippen LogP contribution in [0.15, 0.2) is 48.5 Å². The number of carbonyl (C=O) groups is 2. The summed E-state index contributed by atoms with van der Waals surface area (Å²) < 4.78 is 0. The van der Waals surface area contributed by atoms with Crippen molar-refractivity contribution in [2.75, 3.05) is 5.32 Å². The predicted molar refractivity (Wildman–Crippen MR) is 93.1 cm³/mol. The lowest BCUT2D eigenvalue weighted by atomic mass is 9.81. The van der Waals surface area contributed by atoms with Crippen LogP contribution in [0.5, 0.6) is 0 Å². The lowest BCUT2D eigenvalue weighted by Crippen LogP contribution is -2.18. The van der Waals surface area contributed by atoms with Gasteiger partial charge in [-0.3, -0.25) is 9.59 Å². The molecule has 24 heavy (non-hydrogen) atoms. The second kappa shape index (κ2) is 7.30. The smallest absolute Gasteiger partial charge is 0.307 e. The molecule has 0 aromatic heterocycles. The normalized spacial score (nSPS) is 16.2. The summed E-state index contributed by atoms with van der Waals surface area (Å²) in [5.74, 6) is -0.577. The highest BCUT2D eigenvalue weighted by atomic mass is 16.4. The van der Waals surface area contributed by atoms with Crippen LogP contribution in [0.1, 0.15) is 41.9 Å². The molecule has 0 bridgehead atoms. The molecule has 0 saturated heterocycles. The highest BCUT2D eigenvalue weighted by molar-refractivity contribution is 5.91. The van der Waals surface area contributed by atoms with Crippen LogP contribution in [0.4, 0.5) is 5.69 Å². The quantitative estimate of drug-likeness (QED) is 0.880. The highest BCUT2D eigenvalue weighted by Gasteiger charge is 2.22. The molecule has 0 radical (unpaired) electrons. The fraction of sp³-hybridized carbons (Fsp3) is 0.300. The molecule has 3 rings (SSSR count). The van der Waals surface area contributed by atoms with E-state index in [1.165, 1.54) is 11.1 Å². The first kappa shape index (κ1) is 16.2. The van der Waals surface area contributed by atoms with Crippen molar-refractivity contribution in [1.82, 2.24) is 0 Å². The molecule has 0 spiro atoms. The second-order valence-electron chi connectivity index (χ2n) is 6.31. The van der Waals surface area contributed by atoms with Crippen LogP contribution in [0, 0.1) is 0 Å². The molecule has 2 aromatic carbocycles. The average molecular weight is 323 g/mol. The Balaban J connectivity index is 1.61. The standard InChI is InChI=1S/C20H21NO3/c22-19(21-17-10-8-14(9-11-17)12-20(23)24)13-16-6-3-5-15-4-1-2-7-18(15)16/h1-2,4,7-11,16H,3,5-6,12-13H2,(H,21,22)(H,23,24). The lowest BCUT2D eigenvalue weighted by Gasteiger charge is -2.25. The molecule has 124 valence electrons. The Morgan fingerprint density at radius 2 is 1.83 bits per heavy atom. The SMILES string of the molecule is O=C(O)Cc1ccc(NC(=O)CC2CCCc3ccccc32)cc1. The summed E-state index contributed by atoms with van der Waals surface area (Å²) in [4.78, 5) is 23.0. The van der Waals surface area contributed by atoms with E-state index in [1.807, 2.05) is 6.07 Å². The van der Waals surface area contributed by atoms with Gasteiger partial charge < -0.3 is 10.4 Å². The summed E-state index contributed by atoms with van der Waals surface area (Å²) in [7, 11) is 0. The van der Waals surface area contributed by atoms with Crippen molar-refractivity contribution in [3.8, 4) is 0 Å². The summed E-state index contributed by atoms with van der Waals surface area (Å²) >= 11 is 0. The van der Waals surface area contributed by atoms with Gasteiger partial charge in [0.2, 0.25) is 5.91 Å². The van der Waals surface area contributed by atoms with E-state index in [2.05, 4.69) is 23.5 Å². The fourth-order valence-corrected chi connectivity index (χ4v) is 3.38. The van der Waals surface area contributed by atoms with Crippen molar-refractivity contribution in [1.29, 1.82) is 0 Å². The van der Waals surface area contributed by atoms with Gasteiger partial charge in [0.15, 0.2) is 0 Å². The number of aryl methyl sites for hydroxylation is 1. The summed E-state index contributed by atoms with van der Waals surface area (Å²) in [5, 5.41) is 11.7. The van der Waals surface area contributed by atoms with Crippen LogP contribution in [0.3, 0.4) is 0 Å². The van der Waals surface area contributed by atoms with Gasteiger partial charge in [-0.1, -0.05) is 36.4 Å². The van der Waals surface area contributed by atoms with Crippen molar-refractivity contribution in [2.45, 2.75) is 38.0 Å². The molecule has 1 unspecified atom stereocenters. The zero-order valence-corrected chi connectivity index (χ0v) is 13.5. The van der Waals surface area contributed by atoms with Crippen LogP contribution in [-0.2, 0) is 22.4 Å². The molecule has 0 saturated carbocycles. The van der Waals surface area contributed by atoms with E-state index in [-0.39, 0.29) is 18.2 Å². The zero-order chi connectivity index (χ0) is 16.9. The predicted octanol–water partition coefficient (Wildman–Crippen LogP) is 3.76. The number of amides is 1. The molecule has 4 nitrogen and oxygen atoms in total. The summed E-state index contributed by atoms with van der Waals surface area (Å²) in [6, 6.07) is 15.4. The van der Waals surface area contributed by atoms with Gasteiger partial charge in [0.1, 0.15) is 0 Å². The molecule has 1 amide bonds. The Morgan fingerprint density at radius 1 is 1.08 bits per heavy atom. The van der Waals surface area contributed by atoms with Crippen molar-refractivity contribution in [3.05, 3.63) is 65.2 Å². The minimum absolute atomic E-state index is 0.00249. The van der Waals surface area contributed by atoms with Crippen LogP contribution in [0.2, 0.25) is 0 Å². The molecular weight excluding hydrogens is 302 g/mol. The molecule has 1 atom stereocenters. The topological polar surface area (TPSA) is 66.4 Å². The van der Waals surface area contributed by atoms with E-state index in [0.29, 0.717) is 12.1 Å². The number of nitrogens with one attached hydrogen (secondary N) is 1. The first-order valence-electron chi connectivity index (χ1n) is 8.30. The van der Waals surface area contributed by atoms with Gasteiger partial charge >= 0.3 is 5.97 Å². The van der Waals surface area contributed by atoms with Crippen molar-refractivity contribution in [3.63, 3.8) is 0 Å². The fourth-order valence-electron chi connectivity index (χ4n) is 3.38. The maximum atomic E-state index is 12.3. The monoisotopic (exact) mass is 323 g/mol. The van der Waals surface area contributed by atoms with E-state index < -0.39 is 5.97 Å². The highest BCUT2D eigenvalue weighted by Crippen LogP contribution is 2.33. The molecule has 4 heteroatoms. The Labute approximate surface area is 141 Å². The third-order valence-corrected chi connectivity index (χ3v) is 4.52. The number of rotatable bonds is 5. The maximum Gasteiger partial charge on any atom is 0.307 e. The number of hydrogen-bond acceptors (Lipinski definition) is 2. The Morgan fingerprint density at radius 3 is 2.58 bits per heavy atom. The molecule has 2 aromatic rings. The van der Waals surface area contributed by atoms with Crippen LogP contribution in [-0.4, -0.2) is 17.0 Å². The molecule has 0 heterocycles. The van der Waals surface area contributed by atoms with Crippen molar-refractivity contribution >= 4 is 17.6 Å². The van der Waals surface area contributed by atoms with Gasteiger partial charge in [0.25, 0.3) is 0 Å². The number of fused-ring (bicyclic) bond motifs is 1. The van der Waals surface area contributed by atoms with Gasteiger partial charge in [-0.05, 0) is 54.0 Å². The second-order valence-corrected chi connectivity index (χ2v) is 6.31. The third-order valence-electron chi connectivity index (χ3n) is 4.52. The largest absolute Gasteiger partial charge is 0.481 e. The number of carbonyl (C=O) groups excluding carboxylic acids is 1. The summed E-state index contributed by atoms with van der Waals surface area (Å²) in [6.07, 6.45) is 3.74. The zero-order valence-electron chi connectivity index (χ0n) is 13.5. The molecular formula is C20H21NO3. The lowest BCUT2D eigenvalue weighted by molar-refractivity contribution is -0.136. The third kappa shape index (κ3) is 4.02. The minimum atomic E-state index is -0.859. The molecule has 1 aliphatic rings. The molecule has 0 aliphatic heterocycles. The first-order valence-corrected chi connectivity index (χ1v) is 8.30. The number of hydrogen-bond donors (Lipinski definition) is 2. The average Bonchev–Trinajstić information content (AvgIpc) is 2.56. The number of benzene rings is 2. The van der Waals surface area contributed by atoms with Gasteiger partial charge in [0, 0.05) is 12.1 Å². The first-order chi connectivity index (χ1) is 11.6. The molecule has 0 fully saturated rings. The van der Waals surface area contributed by atoms with Crippen LogP contribution < -0.4 is 5.32 Å². The Hall–Kier alpha value is -2.62. The molecule has 1 aliphatic carbocycles. The summed E-state index contributed by atoms with van der Waals surface area (Å²) in [5.41, 5.74) is 4.09. The van der Waals surface area contributed by atoms with E-state index in [9.17, 15) is 9.59 Å². The van der Waals surface area contributed by atoms with E-state index >= 15 is 0 Å². The number of carboxylic acid groups (broad SMARTS) is 1. The minimum Gasteiger partial charge on any atom is -0.481 e. The Kier molecular flexibility index (Phi) is 4.94.